The second-order valence-electron chi connectivity index (χ2n) is 8.27. The SMILES string of the molecule is CCc1ccc(C)nc1NC(=O)c1ccccc1Sc1ccc2c(/C=C/c3ccccn3)n[nH]c2c1. The van der Waals surface area contributed by atoms with Crippen molar-refractivity contribution in [3.63, 3.8) is 0 Å². The lowest BCUT2D eigenvalue weighted by molar-refractivity contribution is 0.102. The third kappa shape index (κ3) is 5.21. The van der Waals surface area contributed by atoms with Gasteiger partial charge in [-0.1, -0.05) is 43.0 Å². The van der Waals surface area contributed by atoms with E-state index in [1.807, 2.05) is 85.8 Å². The van der Waals surface area contributed by atoms with Gasteiger partial charge in [-0.05, 0) is 79.6 Å². The molecule has 0 aliphatic heterocycles. The summed E-state index contributed by atoms with van der Waals surface area (Å²) in [5.41, 5.74) is 5.15. The maximum Gasteiger partial charge on any atom is 0.257 e. The van der Waals surface area contributed by atoms with Crippen LogP contribution in [0.4, 0.5) is 5.82 Å². The normalized spacial score (nSPS) is 11.3. The number of carbonyl (C=O) groups is 1. The number of aryl methyl sites for hydroxylation is 2. The maximum absolute atomic E-state index is 13.2. The van der Waals surface area contributed by atoms with Crippen molar-refractivity contribution in [1.29, 1.82) is 0 Å². The number of benzene rings is 2. The summed E-state index contributed by atoms with van der Waals surface area (Å²) in [5, 5.41) is 11.6. The molecule has 3 aromatic heterocycles. The van der Waals surface area contributed by atoms with Crippen LogP contribution in [0.2, 0.25) is 0 Å². The number of pyridine rings is 2. The first kappa shape index (κ1) is 23.5. The Kier molecular flexibility index (Phi) is 6.91. The molecule has 3 heterocycles. The van der Waals surface area contributed by atoms with Crippen LogP contribution in [0.1, 0.15) is 39.9 Å². The first-order chi connectivity index (χ1) is 17.6. The van der Waals surface area contributed by atoms with E-state index >= 15 is 0 Å². The summed E-state index contributed by atoms with van der Waals surface area (Å²) in [4.78, 5) is 23.9. The summed E-state index contributed by atoms with van der Waals surface area (Å²) in [5.74, 6) is 0.447. The lowest BCUT2D eigenvalue weighted by Gasteiger charge is -2.12. The second-order valence-corrected chi connectivity index (χ2v) is 9.39. The van der Waals surface area contributed by atoms with Crippen LogP contribution >= 0.6 is 11.8 Å². The Morgan fingerprint density at radius 2 is 1.89 bits per heavy atom. The zero-order valence-electron chi connectivity index (χ0n) is 20.0. The largest absolute Gasteiger partial charge is 0.306 e. The zero-order chi connectivity index (χ0) is 24.9. The molecular formula is C29H25N5OS. The van der Waals surface area contributed by atoms with Crippen molar-refractivity contribution in [3.8, 4) is 0 Å². The number of H-pyrrole nitrogens is 1. The van der Waals surface area contributed by atoms with Crippen LogP contribution in [0.3, 0.4) is 0 Å². The van der Waals surface area contributed by atoms with Gasteiger partial charge in [0, 0.05) is 27.1 Å². The first-order valence-corrected chi connectivity index (χ1v) is 12.5. The Morgan fingerprint density at radius 1 is 1.03 bits per heavy atom. The van der Waals surface area contributed by atoms with Crippen LogP contribution in [-0.4, -0.2) is 26.1 Å². The number of amides is 1. The molecule has 2 N–H and O–H groups in total. The van der Waals surface area contributed by atoms with Gasteiger partial charge in [-0.15, -0.1) is 0 Å². The van der Waals surface area contributed by atoms with Gasteiger partial charge in [0.15, 0.2) is 0 Å². The summed E-state index contributed by atoms with van der Waals surface area (Å²) < 4.78 is 0. The third-order valence-corrected chi connectivity index (χ3v) is 6.82. The molecule has 0 aliphatic rings. The maximum atomic E-state index is 13.2. The van der Waals surface area contributed by atoms with Crippen LogP contribution in [-0.2, 0) is 6.42 Å². The number of nitrogens with one attached hydrogen (secondary N) is 2. The van der Waals surface area contributed by atoms with E-state index in [1.54, 1.807) is 18.0 Å². The van der Waals surface area contributed by atoms with Crippen molar-refractivity contribution in [2.45, 2.75) is 30.1 Å². The Balaban J connectivity index is 1.37. The van der Waals surface area contributed by atoms with Crippen LogP contribution in [0, 0.1) is 6.92 Å². The van der Waals surface area contributed by atoms with Gasteiger partial charge in [-0.25, -0.2) is 4.98 Å². The Morgan fingerprint density at radius 3 is 2.72 bits per heavy atom. The summed E-state index contributed by atoms with van der Waals surface area (Å²) in [7, 11) is 0. The fraction of sp³-hybridized carbons (Fsp3) is 0.103. The van der Waals surface area contributed by atoms with E-state index in [0.717, 1.165) is 49.8 Å². The second kappa shape index (κ2) is 10.6. The Labute approximate surface area is 213 Å². The molecule has 5 aromatic rings. The molecular weight excluding hydrogens is 466 g/mol. The molecule has 0 saturated heterocycles. The average molecular weight is 492 g/mol. The van der Waals surface area contributed by atoms with E-state index in [4.69, 9.17) is 0 Å². The highest BCUT2D eigenvalue weighted by Gasteiger charge is 2.15. The molecule has 0 bridgehead atoms. The Hall–Kier alpha value is -4.23. The number of hydrogen-bond donors (Lipinski definition) is 2. The number of hydrogen-bond acceptors (Lipinski definition) is 5. The Bertz CT molecular complexity index is 1560. The van der Waals surface area contributed by atoms with Crippen molar-refractivity contribution < 1.29 is 4.79 Å². The van der Waals surface area contributed by atoms with E-state index in [0.29, 0.717) is 11.4 Å². The molecule has 0 aliphatic carbocycles. The summed E-state index contributed by atoms with van der Waals surface area (Å²) in [6.45, 7) is 3.97. The monoisotopic (exact) mass is 491 g/mol. The number of rotatable bonds is 7. The molecule has 2 aromatic carbocycles. The van der Waals surface area contributed by atoms with Gasteiger partial charge < -0.3 is 5.32 Å². The van der Waals surface area contributed by atoms with Crippen molar-refractivity contribution >= 4 is 46.5 Å². The number of fused-ring (bicyclic) bond motifs is 1. The van der Waals surface area contributed by atoms with Crippen LogP contribution in [0.15, 0.2) is 88.8 Å². The fourth-order valence-corrected chi connectivity index (χ4v) is 4.86. The number of nitrogens with zero attached hydrogens (tertiary/aromatic N) is 3. The fourth-order valence-electron chi connectivity index (χ4n) is 3.87. The van der Waals surface area contributed by atoms with Crippen molar-refractivity contribution in [1.82, 2.24) is 20.2 Å². The standard InChI is InChI=1S/C29H25N5OS/c1-3-20-12-11-19(2)31-28(20)32-29(35)24-9-4-5-10-27(24)36-22-14-15-23-25(33-34-26(23)18-22)16-13-21-8-6-7-17-30-21/h4-18H,3H2,1-2H3,(H,33,34)(H,31,32,35)/b16-13+. The molecule has 0 atom stereocenters. The zero-order valence-corrected chi connectivity index (χ0v) is 20.8. The number of carbonyl (C=O) groups excluding carboxylic acids is 1. The minimum Gasteiger partial charge on any atom is -0.306 e. The first-order valence-electron chi connectivity index (χ1n) is 11.7. The molecule has 36 heavy (non-hydrogen) atoms. The van der Waals surface area contributed by atoms with Crippen molar-refractivity contribution in [2.75, 3.05) is 5.32 Å². The molecule has 178 valence electrons. The van der Waals surface area contributed by atoms with E-state index in [-0.39, 0.29) is 5.91 Å². The van der Waals surface area contributed by atoms with E-state index < -0.39 is 0 Å². The van der Waals surface area contributed by atoms with Gasteiger partial charge in [0.1, 0.15) is 5.82 Å². The van der Waals surface area contributed by atoms with Gasteiger partial charge in [-0.2, -0.15) is 5.10 Å². The predicted molar refractivity (Wildman–Crippen MR) is 146 cm³/mol. The van der Waals surface area contributed by atoms with Crippen molar-refractivity contribution in [3.05, 3.63) is 107 Å². The lowest BCUT2D eigenvalue weighted by Crippen LogP contribution is -2.15. The molecule has 1 amide bonds. The number of aromatic amines is 1. The molecule has 7 heteroatoms. The summed E-state index contributed by atoms with van der Waals surface area (Å²) in [6, 6.07) is 23.5. The van der Waals surface area contributed by atoms with Crippen molar-refractivity contribution in [2.24, 2.45) is 0 Å². The quantitative estimate of drug-likeness (QED) is 0.262. The minimum atomic E-state index is -0.171. The highest BCUT2D eigenvalue weighted by molar-refractivity contribution is 7.99. The minimum absolute atomic E-state index is 0.171. The molecule has 5 rings (SSSR count). The predicted octanol–water partition coefficient (Wildman–Crippen LogP) is 6.80. The van der Waals surface area contributed by atoms with Gasteiger partial charge in [-0.3, -0.25) is 14.9 Å². The molecule has 0 fully saturated rings. The summed E-state index contributed by atoms with van der Waals surface area (Å²) in [6.07, 6.45) is 6.46. The molecule has 6 nitrogen and oxygen atoms in total. The lowest BCUT2D eigenvalue weighted by atomic mass is 10.1. The van der Waals surface area contributed by atoms with Crippen LogP contribution in [0.5, 0.6) is 0 Å². The van der Waals surface area contributed by atoms with Crippen LogP contribution < -0.4 is 5.32 Å². The van der Waals surface area contributed by atoms with E-state index in [1.165, 1.54) is 0 Å². The average Bonchev–Trinajstić information content (AvgIpc) is 3.30. The van der Waals surface area contributed by atoms with E-state index in [9.17, 15) is 4.79 Å². The van der Waals surface area contributed by atoms with Crippen LogP contribution in [0.25, 0.3) is 23.1 Å². The molecule has 0 spiro atoms. The molecule has 0 radical (unpaired) electrons. The highest BCUT2D eigenvalue weighted by atomic mass is 32.2. The van der Waals surface area contributed by atoms with Gasteiger partial charge in [0.2, 0.25) is 0 Å². The highest BCUT2D eigenvalue weighted by Crippen LogP contribution is 2.33. The van der Waals surface area contributed by atoms with Gasteiger partial charge in [0.05, 0.1) is 22.5 Å². The topological polar surface area (TPSA) is 83.6 Å². The third-order valence-electron chi connectivity index (χ3n) is 5.75. The number of anilines is 1. The van der Waals surface area contributed by atoms with E-state index in [2.05, 4.69) is 38.5 Å². The molecule has 0 saturated carbocycles. The number of aromatic nitrogens is 4. The molecule has 0 unspecified atom stereocenters. The summed E-state index contributed by atoms with van der Waals surface area (Å²) >= 11 is 1.54. The van der Waals surface area contributed by atoms with Gasteiger partial charge >= 0.3 is 0 Å². The van der Waals surface area contributed by atoms with Gasteiger partial charge in [0.25, 0.3) is 5.91 Å². The smallest absolute Gasteiger partial charge is 0.257 e.